The van der Waals surface area contributed by atoms with Gasteiger partial charge < -0.3 is 19.1 Å². The van der Waals surface area contributed by atoms with Crippen LogP contribution in [0.1, 0.15) is 52.7 Å². The van der Waals surface area contributed by atoms with E-state index in [2.05, 4.69) is 147 Å². The van der Waals surface area contributed by atoms with Crippen LogP contribution in [0.4, 0.5) is 17.1 Å². The van der Waals surface area contributed by atoms with E-state index in [0.29, 0.717) is 11.5 Å². The Morgan fingerprint density at radius 1 is 0.711 bits per heavy atom. The molecule has 0 saturated carbocycles. The smallest absolute Gasteiger partial charge is 0.135 e. The van der Waals surface area contributed by atoms with Crippen molar-refractivity contribution in [1.82, 2.24) is 9.55 Å². The zero-order chi connectivity index (χ0) is 30.8. The van der Waals surface area contributed by atoms with Crippen LogP contribution in [-0.4, -0.2) is 16.6 Å². The average Bonchev–Trinajstić information content (AvgIpc) is 3.50. The van der Waals surface area contributed by atoms with E-state index < -0.39 is 0 Å². The van der Waals surface area contributed by atoms with Crippen LogP contribution >= 0.6 is 0 Å². The van der Waals surface area contributed by atoms with Crippen LogP contribution in [0.25, 0.3) is 27.6 Å². The van der Waals surface area contributed by atoms with Crippen LogP contribution in [0.15, 0.2) is 91.1 Å². The number of pyridine rings is 1. The number of ether oxygens (including phenoxy) is 1. The minimum Gasteiger partial charge on any atom is -0.509 e. The first kappa shape index (κ1) is 30.9. The molecule has 6 heteroatoms. The van der Waals surface area contributed by atoms with Crippen molar-refractivity contribution in [3.8, 4) is 17.3 Å². The van der Waals surface area contributed by atoms with Crippen LogP contribution in [0.2, 0.25) is 0 Å². The third-order valence-corrected chi connectivity index (χ3v) is 8.38. The Hall–Kier alpha value is -4.08. The zero-order valence-electron chi connectivity index (χ0n) is 26.8. The third-order valence-electron chi connectivity index (χ3n) is 8.38. The van der Waals surface area contributed by atoms with Crippen molar-refractivity contribution in [1.29, 1.82) is 0 Å². The number of benzene rings is 4. The number of nitrogens with zero attached hydrogens (tertiary/aromatic N) is 4. The maximum Gasteiger partial charge on any atom is 0.135 e. The molecule has 0 bridgehead atoms. The topological polar surface area (TPSA) is 33.5 Å². The third kappa shape index (κ3) is 5.64. The number of fused-ring (bicyclic) bond motifs is 4. The summed E-state index contributed by atoms with van der Waals surface area (Å²) in [4.78, 5) is 9.04. The fourth-order valence-electron chi connectivity index (χ4n) is 5.89. The summed E-state index contributed by atoms with van der Waals surface area (Å²) in [6.07, 6.45) is 1.82. The first-order valence-corrected chi connectivity index (χ1v) is 15.1. The maximum atomic E-state index is 6.59. The molecular weight excluding hydrogens is 736 g/mol. The normalized spacial score (nSPS) is 13.3. The Labute approximate surface area is 280 Å². The molecule has 4 aromatic carbocycles. The summed E-state index contributed by atoms with van der Waals surface area (Å²) < 4.78 is 8.74. The second-order valence-electron chi connectivity index (χ2n) is 13.6. The molecule has 5 nitrogen and oxygen atoms in total. The molecule has 1 aliphatic heterocycles. The number of para-hydroxylation sites is 1. The summed E-state index contributed by atoms with van der Waals surface area (Å²) in [5, 5.41) is 2.26. The second kappa shape index (κ2) is 11.4. The van der Waals surface area contributed by atoms with E-state index in [1.165, 1.54) is 16.8 Å². The Kier molecular flexibility index (Phi) is 7.81. The monoisotopic (exact) mass is 772 g/mol. The van der Waals surface area contributed by atoms with E-state index in [9.17, 15) is 0 Å². The SMILES string of the molecule is CN1[CH-]N(c2[c-]c(Oc3[c-]c4c(cc3)c3ccccc3n4-c3ccccn3)cc(C(C)(C)C)c2)c2ccc(C(C)(C)C)cc21.[Pt]. The molecule has 0 unspecified atom stereocenters. The van der Waals surface area contributed by atoms with Gasteiger partial charge in [-0.05, 0) is 59.2 Å². The van der Waals surface area contributed by atoms with Gasteiger partial charge in [0.15, 0.2) is 0 Å². The predicted octanol–water partition coefficient (Wildman–Crippen LogP) is 9.87. The summed E-state index contributed by atoms with van der Waals surface area (Å²) in [5.74, 6) is 2.13. The molecule has 232 valence electrons. The first-order valence-electron chi connectivity index (χ1n) is 15.1. The number of anilines is 3. The molecule has 0 fully saturated rings. The largest absolute Gasteiger partial charge is 0.509 e. The summed E-state index contributed by atoms with van der Waals surface area (Å²) in [5.41, 5.74) is 7.70. The summed E-state index contributed by atoms with van der Waals surface area (Å²) in [7, 11) is 2.10. The fourth-order valence-corrected chi connectivity index (χ4v) is 5.89. The Morgan fingerprint density at radius 3 is 2.20 bits per heavy atom. The van der Waals surface area contributed by atoms with Gasteiger partial charge in [-0.15, -0.1) is 47.0 Å². The molecular formula is C39H37N4OPt-3. The van der Waals surface area contributed by atoms with Crippen molar-refractivity contribution in [3.05, 3.63) is 121 Å². The predicted molar refractivity (Wildman–Crippen MR) is 181 cm³/mol. The summed E-state index contributed by atoms with van der Waals surface area (Å²) >= 11 is 0. The Morgan fingerprint density at radius 2 is 1.47 bits per heavy atom. The molecule has 0 radical (unpaired) electrons. The van der Waals surface area contributed by atoms with Crippen molar-refractivity contribution < 1.29 is 25.8 Å². The molecule has 0 aliphatic carbocycles. The van der Waals surface area contributed by atoms with E-state index in [1.54, 1.807) is 0 Å². The molecule has 0 spiro atoms. The average molecular weight is 773 g/mol. The number of aromatic nitrogens is 2. The Bertz CT molecular complexity index is 2020. The van der Waals surface area contributed by atoms with Gasteiger partial charge in [0.1, 0.15) is 5.82 Å². The van der Waals surface area contributed by atoms with Gasteiger partial charge >= 0.3 is 0 Å². The maximum absolute atomic E-state index is 6.59. The molecule has 7 rings (SSSR count). The van der Waals surface area contributed by atoms with Crippen molar-refractivity contribution in [3.63, 3.8) is 0 Å². The molecule has 0 N–H and O–H groups in total. The van der Waals surface area contributed by atoms with E-state index >= 15 is 0 Å². The number of rotatable bonds is 4. The van der Waals surface area contributed by atoms with Crippen molar-refractivity contribution >= 4 is 38.9 Å². The Balaban J connectivity index is 0.00000357. The molecule has 0 atom stereocenters. The summed E-state index contributed by atoms with van der Waals surface area (Å²) in [6.45, 7) is 15.6. The minimum atomic E-state index is -0.0917. The van der Waals surface area contributed by atoms with Crippen LogP contribution in [0.5, 0.6) is 11.5 Å². The minimum absolute atomic E-state index is 0. The van der Waals surface area contributed by atoms with Crippen LogP contribution < -0.4 is 14.5 Å². The van der Waals surface area contributed by atoms with E-state index in [1.807, 2.05) is 30.5 Å². The van der Waals surface area contributed by atoms with Gasteiger partial charge in [-0.2, -0.15) is 12.7 Å². The van der Waals surface area contributed by atoms with Crippen LogP contribution in [0.3, 0.4) is 0 Å². The fraction of sp³-hybridized carbons (Fsp3) is 0.231. The molecule has 2 aromatic heterocycles. The van der Waals surface area contributed by atoms with Crippen molar-refractivity contribution in [2.75, 3.05) is 16.8 Å². The quantitative estimate of drug-likeness (QED) is 0.167. The molecule has 0 saturated heterocycles. The number of hydrogen-bond acceptors (Lipinski definition) is 4. The van der Waals surface area contributed by atoms with E-state index in [-0.39, 0.29) is 31.9 Å². The van der Waals surface area contributed by atoms with Crippen molar-refractivity contribution in [2.24, 2.45) is 0 Å². The van der Waals surface area contributed by atoms with Crippen LogP contribution in [-0.2, 0) is 31.9 Å². The zero-order valence-corrected chi connectivity index (χ0v) is 29.0. The van der Waals surface area contributed by atoms with Crippen molar-refractivity contribution in [2.45, 2.75) is 52.4 Å². The van der Waals surface area contributed by atoms with Gasteiger partial charge in [0, 0.05) is 55.7 Å². The van der Waals surface area contributed by atoms with Gasteiger partial charge in [-0.3, -0.25) is 0 Å². The van der Waals surface area contributed by atoms with Gasteiger partial charge in [-0.25, -0.2) is 4.98 Å². The summed E-state index contributed by atoms with van der Waals surface area (Å²) in [6, 6.07) is 36.7. The molecule has 3 heterocycles. The molecule has 6 aromatic rings. The molecule has 0 amide bonds. The standard InChI is InChI=1S/C39H37N4O.Pt/c1-38(2,3)26-15-18-34-36(22-26)41(7)25-42(34)28-20-27(39(4,5)6)21-30(23-28)44-29-16-17-32-31-12-8-9-13-33(31)43(35(32)24-29)37-14-10-11-19-40-37;/h8-22,25H,1-7H3;/q-3;. The van der Waals surface area contributed by atoms with Crippen LogP contribution in [0, 0.1) is 18.8 Å². The van der Waals surface area contributed by atoms with E-state index in [4.69, 9.17) is 4.74 Å². The van der Waals surface area contributed by atoms with Gasteiger partial charge in [0.2, 0.25) is 0 Å². The molecule has 1 aliphatic rings. The van der Waals surface area contributed by atoms with E-state index in [0.717, 1.165) is 39.0 Å². The second-order valence-corrected chi connectivity index (χ2v) is 13.6. The number of hydrogen-bond donors (Lipinski definition) is 0. The van der Waals surface area contributed by atoms with Gasteiger partial charge in [-0.1, -0.05) is 77.4 Å². The first-order chi connectivity index (χ1) is 21.0. The van der Waals surface area contributed by atoms with Gasteiger partial charge in [0.05, 0.1) is 0 Å². The van der Waals surface area contributed by atoms with Gasteiger partial charge in [0.25, 0.3) is 0 Å². The molecule has 45 heavy (non-hydrogen) atoms.